The lowest BCUT2D eigenvalue weighted by Gasteiger charge is -2.08. The van der Waals surface area contributed by atoms with Crippen LogP contribution < -0.4 is 0 Å². The van der Waals surface area contributed by atoms with Gasteiger partial charge in [0.25, 0.3) is 0 Å². The van der Waals surface area contributed by atoms with Crippen LogP contribution in [0.3, 0.4) is 0 Å². The second kappa shape index (κ2) is 7.21. The summed E-state index contributed by atoms with van der Waals surface area (Å²) in [4.78, 5) is 0. The molecule has 0 aliphatic carbocycles. The molecule has 82 valence electrons. The van der Waals surface area contributed by atoms with Gasteiger partial charge in [-0.25, -0.2) is 0 Å². The molecule has 1 rings (SSSR count). The lowest BCUT2D eigenvalue weighted by atomic mass is 10.2. The zero-order valence-electron chi connectivity index (χ0n) is 8.93. The van der Waals surface area contributed by atoms with E-state index in [-0.39, 0.29) is 6.10 Å². The van der Waals surface area contributed by atoms with Gasteiger partial charge in [0, 0.05) is 6.61 Å². The van der Waals surface area contributed by atoms with Crippen LogP contribution in [-0.4, -0.2) is 17.8 Å². The first-order valence-electron chi connectivity index (χ1n) is 5.23. The van der Waals surface area contributed by atoms with Crippen LogP contribution in [0.5, 0.6) is 0 Å². The molecule has 0 saturated heterocycles. The molecular formula is C13H18O2. The molecule has 1 aromatic carbocycles. The van der Waals surface area contributed by atoms with E-state index in [4.69, 9.17) is 4.74 Å². The van der Waals surface area contributed by atoms with E-state index in [1.54, 1.807) is 6.08 Å². The van der Waals surface area contributed by atoms with E-state index >= 15 is 0 Å². The molecule has 0 aliphatic rings. The van der Waals surface area contributed by atoms with Gasteiger partial charge in [-0.3, -0.25) is 0 Å². The molecule has 1 atom stereocenters. The highest BCUT2D eigenvalue weighted by Gasteiger charge is 2.00. The Bertz CT molecular complexity index is 269. The molecule has 0 bridgehead atoms. The van der Waals surface area contributed by atoms with Crippen molar-refractivity contribution in [2.75, 3.05) is 6.61 Å². The number of hydrogen-bond donors (Lipinski definition) is 1. The van der Waals surface area contributed by atoms with Crippen LogP contribution in [0.2, 0.25) is 0 Å². The molecule has 0 spiro atoms. The van der Waals surface area contributed by atoms with Gasteiger partial charge in [-0.1, -0.05) is 36.4 Å². The summed E-state index contributed by atoms with van der Waals surface area (Å²) in [6.07, 6.45) is 2.70. The summed E-state index contributed by atoms with van der Waals surface area (Å²) in [5.74, 6) is 0. The third-order valence-electron chi connectivity index (χ3n) is 2.15. The molecule has 0 unspecified atom stereocenters. The van der Waals surface area contributed by atoms with E-state index in [0.29, 0.717) is 26.1 Å². The second-order valence-corrected chi connectivity index (χ2v) is 3.51. The number of hydrogen-bond acceptors (Lipinski definition) is 2. The Morgan fingerprint density at radius 1 is 1.33 bits per heavy atom. The van der Waals surface area contributed by atoms with Crippen LogP contribution in [0.4, 0.5) is 0 Å². The van der Waals surface area contributed by atoms with E-state index in [0.717, 1.165) is 5.56 Å². The highest BCUT2D eigenvalue weighted by Crippen LogP contribution is 2.03. The Morgan fingerprint density at radius 3 is 2.73 bits per heavy atom. The lowest BCUT2D eigenvalue weighted by Crippen LogP contribution is -2.09. The molecule has 2 nitrogen and oxygen atoms in total. The fourth-order valence-corrected chi connectivity index (χ4v) is 1.29. The highest BCUT2D eigenvalue weighted by atomic mass is 16.5. The molecule has 1 aromatic rings. The summed E-state index contributed by atoms with van der Waals surface area (Å²) in [5.41, 5.74) is 1.16. The van der Waals surface area contributed by atoms with Crippen LogP contribution in [-0.2, 0) is 11.3 Å². The molecular weight excluding hydrogens is 188 g/mol. The number of benzene rings is 1. The molecule has 0 fully saturated rings. The summed E-state index contributed by atoms with van der Waals surface area (Å²) in [7, 11) is 0. The number of aliphatic hydroxyl groups excluding tert-OH is 1. The maximum Gasteiger partial charge on any atom is 0.0716 e. The van der Waals surface area contributed by atoms with Gasteiger partial charge >= 0.3 is 0 Å². The summed E-state index contributed by atoms with van der Waals surface area (Å²) < 4.78 is 5.44. The minimum Gasteiger partial charge on any atom is -0.393 e. The van der Waals surface area contributed by atoms with Crippen molar-refractivity contribution in [3.05, 3.63) is 48.6 Å². The van der Waals surface area contributed by atoms with Crippen LogP contribution in [0.15, 0.2) is 43.0 Å². The fourth-order valence-electron chi connectivity index (χ4n) is 1.29. The van der Waals surface area contributed by atoms with Gasteiger partial charge in [0.15, 0.2) is 0 Å². The van der Waals surface area contributed by atoms with Crippen LogP contribution in [0.1, 0.15) is 18.4 Å². The van der Waals surface area contributed by atoms with Crippen LogP contribution >= 0.6 is 0 Å². The van der Waals surface area contributed by atoms with Gasteiger partial charge in [0.2, 0.25) is 0 Å². The first-order chi connectivity index (χ1) is 7.33. The highest BCUT2D eigenvalue weighted by molar-refractivity contribution is 5.13. The standard InChI is InChI=1S/C13H18O2/c1-2-6-13(14)9-10-15-11-12-7-4-3-5-8-12/h2-5,7-8,13-14H,1,6,9-11H2/t13-/m1/s1. The van der Waals surface area contributed by atoms with Crippen molar-refractivity contribution in [3.63, 3.8) is 0 Å². The number of ether oxygens (including phenoxy) is 1. The maximum absolute atomic E-state index is 9.40. The molecule has 0 amide bonds. The maximum atomic E-state index is 9.40. The van der Waals surface area contributed by atoms with Crippen LogP contribution in [0, 0.1) is 0 Å². The molecule has 0 aromatic heterocycles. The largest absolute Gasteiger partial charge is 0.393 e. The molecule has 0 heterocycles. The number of rotatable bonds is 7. The summed E-state index contributed by atoms with van der Waals surface area (Å²) >= 11 is 0. The SMILES string of the molecule is C=CC[C@@H](O)CCOCc1ccccc1. The number of aliphatic hydroxyl groups is 1. The van der Waals surface area contributed by atoms with Gasteiger partial charge in [-0.05, 0) is 18.4 Å². The predicted molar refractivity (Wildman–Crippen MR) is 61.5 cm³/mol. The zero-order valence-corrected chi connectivity index (χ0v) is 8.93. The first-order valence-corrected chi connectivity index (χ1v) is 5.23. The van der Waals surface area contributed by atoms with E-state index in [1.807, 2.05) is 30.3 Å². The van der Waals surface area contributed by atoms with Crippen molar-refractivity contribution in [1.29, 1.82) is 0 Å². The first kappa shape index (κ1) is 12.0. The van der Waals surface area contributed by atoms with Gasteiger partial charge < -0.3 is 9.84 Å². The van der Waals surface area contributed by atoms with Crippen molar-refractivity contribution in [1.82, 2.24) is 0 Å². The van der Waals surface area contributed by atoms with Gasteiger partial charge in [-0.15, -0.1) is 6.58 Å². The quantitative estimate of drug-likeness (QED) is 0.548. The Hall–Kier alpha value is -1.12. The Labute approximate surface area is 91.2 Å². The van der Waals surface area contributed by atoms with Crippen molar-refractivity contribution < 1.29 is 9.84 Å². The smallest absolute Gasteiger partial charge is 0.0716 e. The van der Waals surface area contributed by atoms with Crippen molar-refractivity contribution in [2.45, 2.75) is 25.6 Å². The summed E-state index contributed by atoms with van der Waals surface area (Å²) in [5, 5.41) is 9.40. The molecule has 0 saturated carbocycles. The van der Waals surface area contributed by atoms with E-state index in [1.165, 1.54) is 0 Å². The van der Waals surface area contributed by atoms with E-state index < -0.39 is 0 Å². The molecule has 0 radical (unpaired) electrons. The Kier molecular flexibility index (Phi) is 5.74. The summed E-state index contributed by atoms with van der Waals surface area (Å²) in [6, 6.07) is 10.0. The molecule has 1 N–H and O–H groups in total. The van der Waals surface area contributed by atoms with Gasteiger partial charge in [-0.2, -0.15) is 0 Å². The van der Waals surface area contributed by atoms with Crippen molar-refractivity contribution in [3.8, 4) is 0 Å². The second-order valence-electron chi connectivity index (χ2n) is 3.51. The van der Waals surface area contributed by atoms with E-state index in [9.17, 15) is 5.11 Å². The van der Waals surface area contributed by atoms with Gasteiger partial charge in [0.1, 0.15) is 0 Å². The van der Waals surface area contributed by atoms with Crippen molar-refractivity contribution in [2.24, 2.45) is 0 Å². The lowest BCUT2D eigenvalue weighted by molar-refractivity contribution is 0.0746. The normalized spacial score (nSPS) is 12.3. The molecule has 2 heteroatoms. The average molecular weight is 206 g/mol. The summed E-state index contributed by atoms with van der Waals surface area (Å²) in [6.45, 7) is 4.78. The molecule has 0 aliphatic heterocycles. The minimum atomic E-state index is -0.321. The van der Waals surface area contributed by atoms with E-state index in [2.05, 4.69) is 6.58 Å². The monoisotopic (exact) mass is 206 g/mol. The van der Waals surface area contributed by atoms with Crippen molar-refractivity contribution >= 4 is 0 Å². The Morgan fingerprint density at radius 2 is 2.07 bits per heavy atom. The minimum absolute atomic E-state index is 0.321. The molecule has 15 heavy (non-hydrogen) atoms. The fraction of sp³-hybridized carbons (Fsp3) is 0.385. The van der Waals surface area contributed by atoms with Crippen LogP contribution in [0.25, 0.3) is 0 Å². The third-order valence-corrected chi connectivity index (χ3v) is 2.15. The Balaban J connectivity index is 2.09. The third kappa shape index (κ3) is 5.35. The zero-order chi connectivity index (χ0) is 10.9. The van der Waals surface area contributed by atoms with Gasteiger partial charge in [0.05, 0.1) is 12.7 Å². The average Bonchev–Trinajstić information content (AvgIpc) is 2.26. The predicted octanol–water partition coefficient (Wildman–Crippen LogP) is 2.53. The topological polar surface area (TPSA) is 29.5 Å².